The number of hydrogen-bond acceptors (Lipinski definition) is 3. The summed E-state index contributed by atoms with van der Waals surface area (Å²) in [6.07, 6.45) is 3.10. The van der Waals surface area contributed by atoms with Crippen molar-refractivity contribution in [3.8, 4) is 11.8 Å². The van der Waals surface area contributed by atoms with Crippen molar-refractivity contribution in [1.29, 1.82) is 0 Å². The summed E-state index contributed by atoms with van der Waals surface area (Å²) in [6.45, 7) is 0. The minimum absolute atomic E-state index is 0.184. The van der Waals surface area contributed by atoms with Gasteiger partial charge in [-0.2, -0.15) is 0 Å². The van der Waals surface area contributed by atoms with Crippen LogP contribution in [0, 0.1) is 5.82 Å². The van der Waals surface area contributed by atoms with Crippen LogP contribution >= 0.6 is 15.9 Å². The Labute approximate surface area is 94.1 Å². The highest BCUT2D eigenvalue weighted by Crippen LogP contribution is 2.28. The van der Waals surface area contributed by atoms with Crippen LogP contribution in [0.15, 0.2) is 41.1 Å². The van der Waals surface area contributed by atoms with Crippen LogP contribution in [0.4, 0.5) is 4.39 Å². The van der Waals surface area contributed by atoms with Crippen LogP contribution in [0.1, 0.15) is 0 Å². The van der Waals surface area contributed by atoms with Crippen molar-refractivity contribution >= 4 is 15.9 Å². The third-order valence-corrected chi connectivity index (χ3v) is 2.29. The Kier molecular flexibility index (Phi) is 2.91. The standard InChI is InChI=1S/C10H6BrFN2O/c11-8-3-2-7(12)6-9(8)15-10-13-4-1-5-14-10/h1-6H. The summed E-state index contributed by atoms with van der Waals surface area (Å²) in [5, 5.41) is 0. The molecule has 0 radical (unpaired) electrons. The van der Waals surface area contributed by atoms with Crippen molar-refractivity contribution in [3.05, 3.63) is 46.9 Å². The van der Waals surface area contributed by atoms with Crippen molar-refractivity contribution in [2.24, 2.45) is 0 Å². The molecule has 0 aliphatic rings. The van der Waals surface area contributed by atoms with E-state index in [-0.39, 0.29) is 11.8 Å². The van der Waals surface area contributed by atoms with Crippen LogP contribution in [0.5, 0.6) is 11.8 Å². The van der Waals surface area contributed by atoms with Gasteiger partial charge in [-0.25, -0.2) is 14.4 Å². The summed E-state index contributed by atoms with van der Waals surface area (Å²) in [5.74, 6) is -0.0228. The topological polar surface area (TPSA) is 35.0 Å². The first-order valence-corrected chi connectivity index (χ1v) is 4.95. The Bertz CT molecular complexity index is 464. The molecular weight excluding hydrogens is 263 g/mol. The van der Waals surface area contributed by atoms with Gasteiger partial charge in [0.2, 0.25) is 0 Å². The molecule has 2 aromatic rings. The average Bonchev–Trinajstić information content (AvgIpc) is 2.25. The van der Waals surface area contributed by atoms with Crippen LogP contribution < -0.4 is 4.74 Å². The summed E-state index contributed by atoms with van der Waals surface area (Å²) in [4.78, 5) is 7.74. The highest BCUT2D eigenvalue weighted by atomic mass is 79.9. The predicted molar refractivity (Wildman–Crippen MR) is 56.2 cm³/mol. The average molecular weight is 269 g/mol. The maximum absolute atomic E-state index is 12.9. The van der Waals surface area contributed by atoms with Gasteiger partial charge in [-0.05, 0) is 34.1 Å². The van der Waals surface area contributed by atoms with Gasteiger partial charge < -0.3 is 4.74 Å². The third-order valence-electron chi connectivity index (χ3n) is 1.64. The van der Waals surface area contributed by atoms with Crippen LogP contribution in [0.3, 0.4) is 0 Å². The lowest BCUT2D eigenvalue weighted by atomic mass is 10.3. The number of hydrogen-bond donors (Lipinski definition) is 0. The van der Waals surface area contributed by atoms with Crippen molar-refractivity contribution in [1.82, 2.24) is 9.97 Å². The first-order chi connectivity index (χ1) is 7.25. The van der Waals surface area contributed by atoms with E-state index in [0.29, 0.717) is 10.2 Å². The number of aromatic nitrogens is 2. The zero-order valence-corrected chi connectivity index (χ0v) is 9.11. The molecule has 76 valence electrons. The summed E-state index contributed by atoms with van der Waals surface area (Å²) >= 11 is 3.24. The van der Waals surface area contributed by atoms with Gasteiger partial charge in [0.25, 0.3) is 0 Å². The second-order valence-electron chi connectivity index (χ2n) is 2.71. The monoisotopic (exact) mass is 268 g/mol. The first kappa shape index (κ1) is 10.0. The Hall–Kier alpha value is -1.49. The maximum Gasteiger partial charge on any atom is 0.321 e. The molecule has 0 bridgehead atoms. The lowest BCUT2D eigenvalue weighted by molar-refractivity contribution is 0.435. The molecule has 15 heavy (non-hydrogen) atoms. The molecule has 3 nitrogen and oxygen atoms in total. The van der Waals surface area contributed by atoms with Gasteiger partial charge in [0, 0.05) is 18.5 Å². The van der Waals surface area contributed by atoms with Gasteiger partial charge >= 0.3 is 6.01 Å². The molecule has 0 N–H and O–H groups in total. The van der Waals surface area contributed by atoms with E-state index in [1.165, 1.54) is 12.1 Å². The van der Waals surface area contributed by atoms with Gasteiger partial charge in [0.05, 0.1) is 4.47 Å². The Morgan fingerprint density at radius 3 is 2.67 bits per heavy atom. The number of nitrogens with zero attached hydrogens (tertiary/aromatic N) is 2. The zero-order chi connectivity index (χ0) is 10.7. The minimum atomic E-state index is -0.371. The van der Waals surface area contributed by atoms with Gasteiger partial charge in [0.1, 0.15) is 11.6 Å². The molecule has 0 aliphatic carbocycles. The van der Waals surface area contributed by atoms with Crippen molar-refractivity contribution in [2.75, 3.05) is 0 Å². The Morgan fingerprint density at radius 1 is 1.20 bits per heavy atom. The largest absolute Gasteiger partial charge is 0.423 e. The van der Waals surface area contributed by atoms with Crippen molar-refractivity contribution in [2.45, 2.75) is 0 Å². The molecule has 0 fully saturated rings. The fourth-order valence-corrected chi connectivity index (χ4v) is 1.32. The van der Waals surface area contributed by atoms with Crippen molar-refractivity contribution in [3.63, 3.8) is 0 Å². The fourth-order valence-electron chi connectivity index (χ4n) is 0.992. The van der Waals surface area contributed by atoms with Gasteiger partial charge in [0.15, 0.2) is 0 Å². The smallest absolute Gasteiger partial charge is 0.321 e. The molecule has 0 amide bonds. The molecule has 2 rings (SSSR count). The van der Waals surface area contributed by atoms with Crippen LogP contribution in [0.2, 0.25) is 0 Å². The van der Waals surface area contributed by atoms with Crippen LogP contribution in [-0.4, -0.2) is 9.97 Å². The second kappa shape index (κ2) is 4.35. The van der Waals surface area contributed by atoms with E-state index >= 15 is 0 Å². The minimum Gasteiger partial charge on any atom is -0.423 e. The van der Waals surface area contributed by atoms with E-state index in [1.807, 2.05) is 0 Å². The Morgan fingerprint density at radius 2 is 1.93 bits per heavy atom. The lowest BCUT2D eigenvalue weighted by Gasteiger charge is -2.04. The van der Waals surface area contributed by atoms with E-state index < -0.39 is 0 Å². The SMILES string of the molecule is Fc1ccc(Br)c(Oc2ncccn2)c1. The lowest BCUT2D eigenvalue weighted by Crippen LogP contribution is -1.91. The molecule has 0 unspecified atom stereocenters. The van der Waals surface area contributed by atoms with Crippen LogP contribution in [-0.2, 0) is 0 Å². The second-order valence-corrected chi connectivity index (χ2v) is 3.56. The molecule has 1 aromatic heterocycles. The molecule has 0 atom stereocenters. The van der Waals surface area contributed by atoms with E-state index in [0.717, 1.165) is 0 Å². The molecular formula is C10H6BrFN2O. The predicted octanol–water partition coefficient (Wildman–Crippen LogP) is 3.17. The molecule has 0 saturated carbocycles. The van der Waals surface area contributed by atoms with E-state index in [2.05, 4.69) is 25.9 Å². The van der Waals surface area contributed by atoms with E-state index in [9.17, 15) is 4.39 Å². The molecule has 5 heteroatoms. The molecule has 0 aliphatic heterocycles. The number of rotatable bonds is 2. The number of ether oxygens (including phenoxy) is 1. The molecule has 0 spiro atoms. The van der Waals surface area contributed by atoms with Crippen molar-refractivity contribution < 1.29 is 9.13 Å². The molecule has 1 heterocycles. The van der Waals surface area contributed by atoms with Gasteiger partial charge in [-0.15, -0.1) is 0 Å². The van der Waals surface area contributed by atoms with Gasteiger partial charge in [-0.3, -0.25) is 0 Å². The summed E-state index contributed by atoms with van der Waals surface area (Å²) < 4.78 is 18.8. The highest BCUT2D eigenvalue weighted by Gasteiger charge is 2.05. The number of benzene rings is 1. The van der Waals surface area contributed by atoms with E-state index in [4.69, 9.17) is 4.74 Å². The first-order valence-electron chi connectivity index (χ1n) is 4.15. The number of halogens is 2. The fraction of sp³-hybridized carbons (Fsp3) is 0. The van der Waals surface area contributed by atoms with E-state index in [1.54, 1.807) is 24.5 Å². The Balaban J connectivity index is 2.28. The summed E-state index contributed by atoms with van der Waals surface area (Å²) in [6, 6.07) is 6.02. The molecule has 0 saturated heterocycles. The maximum atomic E-state index is 12.9. The zero-order valence-electron chi connectivity index (χ0n) is 7.52. The summed E-state index contributed by atoms with van der Waals surface area (Å²) in [5.41, 5.74) is 0. The quantitative estimate of drug-likeness (QED) is 0.839. The van der Waals surface area contributed by atoms with Crippen LogP contribution in [0.25, 0.3) is 0 Å². The summed E-state index contributed by atoms with van der Waals surface area (Å²) in [7, 11) is 0. The molecule has 1 aromatic carbocycles. The highest BCUT2D eigenvalue weighted by molar-refractivity contribution is 9.10. The third kappa shape index (κ3) is 2.50. The normalized spacial score (nSPS) is 10.0. The van der Waals surface area contributed by atoms with Gasteiger partial charge in [-0.1, -0.05) is 0 Å².